The molecule has 0 fully saturated rings. The third kappa shape index (κ3) is 4.73. The van der Waals surface area contributed by atoms with Crippen molar-refractivity contribution in [2.24, 2.45) is 0 Å². The van der Waals surface area contributed by atoms with E-state index in [1.54, 1.807) is 0 Å². The maximum absolute atomic E-state index is 6.72. The summed E-state index contributed by atoms with van der Waals surface area (Å²) < 4.78 is 11.7. The van der Waals surface area contributed by atoms with Crippen LogP contribution in [0.3, 0.4) is 0 Å². The zero-order valence-electron chi connectivity index (χ0n) is 34.0. The molecule has 0 N–H and O–H groups in total. The van der Waals surface area contributed by atoms with Crippen LogP contribution in [-0.4, -0.2) is 4.57 Å². The Bertz CT molecular complexity index is 3810. The third-order valence-corrected chi connectivity index (χ3v) is 14.8. The fourth-order valence-corrected chi connectivity index (χ4v) is 12.3. The third-order valence-electron chi connectivity index (χ3n) is 13.6. The lowest BCUT2D eigenvalue weighted by Crippen LogP contribution is -2.36. The lowest BCUT2D eigenvalue weighted by Gasteiger charge is -2.45. The van der Waals surface area contributed by atoms with Gasteiger partial charge in [-0.1, -0.05) is 146 Å². The lowest BCUT2D eigenvalue weighted by molar-refractivity contribution is 0.435. The zero-order chi connectivity index (χ0) is 41.2. The van der Waals surface area contributed by atoms with Crippen molar-refractivity contribution < 1.29 is 4.74 Å². The number of rotatable bonds is 4. The van der Waals surface area contributed by atoms with E-state index < -0.39 is 5.41 Å². The van der Waals surface area contributed by atoms with Gasteiger partial charge in [0.15, 0.2) is 0 Å². The van der Waals surface area contributed by atoms with Crippen LogP contribution in [0.5, 0.6) is 11.5 Å². The van der Waals surface area contributed by atoms with E-state index in [0.29, 0.717) is 0 Å². The van der Waals surface area contributed by atoms with Crippen molar-refractivity contribution in [3.05, 3.63) is 241 Å². The number of anilines is 3. The Hall–Kier alpha value is -7.92. The van der Waals surface area contributed by atoms with Crippen LogP contribution in [0.25, 0.3) is 69.6 Å². The van der Waals surface area contributed by atoms with Crippen molar-refractivity contribution in [1.29, 1.82) is 0 Å². The quantitative estimate of drug-likeness (QED) is 0.176. The average Bonchev–Trinajstić information content (AvgIpc) is 3.89. The van der Waals surface area contributed by atoms with E-state index in [2.05, 4.69) is 228 Å². The van der Waals surface area contributed by atoms with Crippen molar-refractivity contribution in [3.8, 4) is 28.3 Å². The largest absolute Gasteiger partial charge is 0.457 e. The molecule has 0 bridgehead atoms. The minimum atomic E-state index is -0.605. The lowest BCUT2D eigenvalue weighted by atomic mass is 9.58. The highest BCUT2D eigenvalue weighted by atomic mass is 32.1. The molecule has 1 aliphatic carbocycles. The molecule has 3 heterocycles. The summed E-state index contributed by atoms with van der Waals surface area (Å²) in [7, 11) is 0. The molecule has 0 radical (unpaired) electrons. The molecular formula is C59H36N2OS. The van der Waals surface area contributed by atoms with Crippen molar-refractivity contribution in [2.45, 2.75) is 5.41 Å². The number of hydrogen-bond donors (Lipinski definition) is 0. The second-order valence-electron chi connectivity index (χ2n) is 16.8. The Labute approximate surface area is 367 Å². The van der Waals surface area contributed by atoms with Crippen LogP contribution in [0.15, 0.2) is 218 Å². The summed E-state index contributed by atoms with van der Waals surface area (Å²) >= 11 is 1.86. The molecule has 63 heavy (non-hydrogen) atoms. The highest BCUT2D eigenvalue weighted by molar-refractivity contribution is 7.25. The van der Waals surface area contributed by atoms with Crippen LogP contribution < -0.4 is 9.64 Å². The number of fused-ring (bicyclic) bond motifs is 14. The second-order valence-corrected chi connectivity index (χ2v) is 17.8. The number of benzene rings is 10. The van der Waals surface area contributed by atoms with Gasteiger partial charge in [0.2, 0.25) is 0 Å². The highest BCUT2D eigenvalue weighted by Gasteiger charge is 2.49. The van der Waals surface area contributed by atoms with E-state index in [1.165, 1.54) is 75.0 Å². The van der Waals surface area contributed by atoms with Gasteiger partial charge in [-0.25, -0.2) is 0 Å². The standard InChI is InChI=1S/C59H36N2OS/c1-2-15-37(16-3-1)61-51-25-10-5-18-41(51)46-35-38(30-33-53(46)61)60(39-29-31-43-42-19-6-13-28-56(42)63-57(43)36-39)52-34-32-44-40-17-4-7-21-47(40)59(50-24-14-20-45(52)58(44)50)48-22-8-11-26-54(48)62-55-27-12-9-23-49(55)59/h1-36H. The molecule has 0 amide bonds. The predicted octanol–water partition coefficient (Wildman–Crippen LogP) is 16.2. The van der Waals surface area contributed by atoms with Gasteiger partial charge in [-0.15, -0.1) is 11.3 Å². The zero-order valence-corrected chi connectivity index (χ0v) is 34.8. The van der Waals surface area contributed by atoms with Gasteiger partial charge < -0.3 is 14.2 Å². The van der Waals surface area contributed by atoms with Crippen molar-refractivity contribution in [1.82, 2.24) is 4.57 Å². The molecule has 294 valence electrons. The van der Waals surface area contributed by atoms with Crippen LogP contribution in [0.4, 0.5) is 17.1 Å². The molecule has 0 saturated heterocycles. The summed E-state index contributed by atoms with van der Waals surface area (Å²) in [6.45, 7) is 0. The van der Waals surface area contributed by atoms with Gasteiger partial charge >= 0.3 is 0 Å². The van der Waals surface area contributed by atoms with Crippen LogP contribution >= 0.6 is 11.3 Å². The fourth-order valence-electron chi connectivity index (χ4n) is 11.1. The molecule has 2 aromatic heterocycles. The summed E-state index contributed by atoms with van der Waals surface area (Å²) in [4.78, 5) is 2.50. The smallest absolute Gasteiger partial charge is 0.132 e. The normalized spacial score (nSPS) is 13.3. The molecular weight excluding hydrogens is 785 g/mol. The molecule has 2 aliphatic rings. The van der Waals surface area contributed by atoms with E-state index >= 15 is 0 Å². The van der Waals surface area contributed by atoms with E-state index in [1.807, 2.05) is 11.3 Å². The van der Waals surface area contributed by atoms with Crippen LogP contribution in [0.1, 0.15) is 22.3 Å². The number of para-hydroxylation sites is 4. The van der Waals surface area contributed by atoms with E-state index in [4.69, 9.17) is 4.74 Å². The Morgan fingerprint density at radius 2 is 1.02 bits per heavy atom. The van der Waals surface area contributed by atoms with Gasteiger partial charge in [0.1, 0.15) is 11.5 Å². The van der Waals surface area contributed by atoms with Gasteiger partial charge in [-0.2, -0.15) is 0 Å². The maximum atomic E-state index is 6.72. The van der Waals surface area contributed by atoms with Gasteiger partial charge in [-0.3, -0.25) is 0 Å². The van der Waals surface area contributed by atoms with Crippen LogP contribution in [0, 0.1) is 0 Å². The van der Waals surface area contributed by atoms with E-state index in [9.17, 15) is 0 Å². The monoisotopic (exact) mass is 820 g/mol. The van der Waals surface area contributed by atoms with Gasteiger partial charge in [0.25, 0.3) is 0 Å². The Morgan fingerprint density at radius 3 is 1.86 bits per heavy atom. The number of ether oxygens (including phenoxy) is 1. The summed E-state index contributed by atoms with van der Waals surface area (Å²) in [6, 6.07) is 80.3. The second kappa shape index (κ2) is 13.0. The van der Waals surface area contributed by atoms with E-state index in [0.717, 1.165) is 45.4 Å². The first-order valence-corrected chi connectivity index (χ1v) is 22.4. The molecule has 0 saturated carbocycles. The average molecular weight is 821 g/mol. The van der Waals surface area contributed by atoms with Crippen LogP contribution in [-0.2, 0) is 5.41 Å². The van der Waals surface area contributed by atoms with E-state index in [-0.39, 0.29) is 0 Å². The summed E-state index contributed by atoms with van der Waals surface area (Å²) in [5, 5.41) is 7.48. The first-order valence-electron chi connectivity index (χ1n) is 21.6. The van der Waals surface area contributed by atoms with Gasteiger partial charge in [-0.05, 0) is 100 Å². The number of nitrogens with zero attached hydrogens (tertiary/aromatic N) is 2. The number of aromatic nitrogens is 1. The molecule has 0 atom stereocenters. The molecule has 0 unspecified atom stereocenters. The molecule has 1 aliphatic heterocycles. The first kappa shape index (κ1) is 34.8. The number of thiophene rings is 1. The molecule has 10 aromatic carbocycles. The maximum Gasteiger partial charge on any atom is 0.132 e. The Kier molecular flexibility index (Phi) is 7.20. The number of hydrogen-bond acceptors (Lipinski definition) is 3. The molecule has 4 heteroatoms. The molecule has 1 spiro atoms. The Balaban J connectivity index is 1.08. The van der Waals surface area contributed by atoms with Gasteiger partial charge in [0.05, 0.1) is 22.1 Å². The Morgan fingerprint density at radius 1 is 0.397 bits per heavy atom. The van der Waals surface area contributed by atoms with Gasteiger partial charge in [0, 0.05) is 64.5 Å². The van der Waals surface area contributed by atoms with Crippen molar-refractivity contribution >= 4 is 81.1 Å². The predicted molar refractivity (Wildman–Crippen MR) is 263 cm³/mol. The minimum Gasteiger partial charge on any atom is -0.457 e. The summed E-state index contributed by atoms with van der Waals surface area (Å²) in [5.41, 5.74) is 13.6. The molecule has 14 rings (SSSR count). The van der Waals surface area contributed by atoms with Crippen molar-refractivity contribution in [3.63, 3.8) is 0 Å². The fraction of sp³-hybridized carbons (Fsp3) is 0.0169. The minimum absolute atomic E-state index is 0.605. The molecule has 3 nitrogen and oxygen atoms in total. The summed E-state index contributed by atoms with van der Waals surface area (Å²) in [5.74, 6) is 1.78. The highest BCUT2D eigenvalue weighted by Crippen LogP contribution is 2.62. The van der Waals surface area contributed by atoms with Crippen LogP contribution in [0.2, 0.25) is 0 Å². The SMILES string of the molecule is c1ccc(-n2c3ccccc3c3cc(N(c4ccc5c(c4)sc4ccccc45)c4ccc5c6c(cccc46)C4(c6ccccc6Oc6ccccc64)c4ccccc4-5)ccc32)cc1. The summed E-state index contributed by atoms with van der Waals surface area (Å²) in [6.07, 6.45) is 0. The topological polar surface area (TPSA) is 17.4 Å². The first-order chi connectivity index (χ1) is 31.3. The molecule has 12 aromatic rings. The van der Waals surface area contributed by atoms with Crippen molar-refractivity contribution in [2.75, 3.05) is 4.90 Å².